The Kier molecular flexibility index (Phi) is 3.92. The zero-order valence-electron chi connectivity index (χ0n) is 8.32. The van der Waals surface area contributed by atoms with Gasteiger partial charge >= 0.3 is 0 Å². The summed E-state index contributed by atoms with van der Waals surface area (Å²) in [5.74, 6) is 0.202. The van der Waals surface area contributed by atoms with E-state index in [2.05, 4.69) is 0 Å². The molecule has 0 spiro atoms. The second-order valence-electron chi connectivity index (χ2n) is 3.27. The van der Waals surface area contributed by atoms with Crippen LogP contribution in [0.4, 0.5) is 0 Å². The summed E-state index contributed by atoms with van der Waals surface area (Å²) in [6.07, 6.45) is 1.62. The average molecular weight is 196 g/mol. The minimum absolute atomic E-state index is 0.104. The number of phenols is 1. The molecule has 0 heterocycles. The van der Waals surface area contributed by atoms with Crippen LogP contribution in [0.2, 0.25) is 0 Å². The average Bonchev–Trinajstić information content (AvgIpc) is 2.21. The van der Waals surface area contributed by atoms with E-state index in [-0.39, 0.29) is 19.0 Å². The topological polar surface area (TPSA) is 60.7 Å². The molecule has 1 aromatic rings. The summed E-state index contributed by atoms with van der Waals surface area (Å²) in [5.41, 5.74) is 2.10. The number of hydrogen-bond donors (Lipinski definition) is 3. The van der Waals surface area contributed by atoms with E-state index in [0.717, 1.165) is 18.4 Å². The van der Waals surface area contributed by atoms with Crippen molar-refractivity contribution in [3.05, 3.63) is 28.8 Å². The molecule has 0 fully saturated rings. The molecule has 3 heteroatoms. The quantitative estimate of drug-likeness (QED) is 0.680. The van der Waals surface area contributed by atoms with Gasteiger partial charge in [0.1, 0.15) is 5.75 Å². The highest BCUT2D eigenvalue weighted by atomic mass is 16.3. The monoisotopic (exact) mass is 196 g/mol. The van der Waals surface area contributed by atoms with Crippen LogP contribution in [0.5, 0.6) is 5.75 Å². The highest BCUT2D eigenvalue weighted by molar-refractivity contribution is 5.44. The first kappa shape index (κ1) is 11.0. The summed E-state index contributed by atoms with van der Waals surface area (Å²) < 4.78 is 0. The Labute approximate surface area is 83.6 Å². The first-order valence-electron chi connectivity index (χ1n) is 4.78. The van der Waals surface area contributed by atoms with Crippen molar-refractivity contribution in [3.63, 3.8) is 0 Å². The number of aromatic hydroxyl groups is 1. The van der Waals surface area contributed by atoms with Crippen molar-refractivity contribution in [3.8, 4) is 5.75 Å². The molecule has 0 unspecified atom stereocenters. The van der Waals surface area contributed by atoms with E-state index in [1.54, 1.807) is 12.1 Å². The van der Waals surface area contributed by atoms with Gasteiger partial charge in [-0.05, 0) is 29.2 Å². The Balaban J connectivity index is 3.20. The first-order valence-corrected chi connectivity index (χ1v) is 4.78. The Morgan fingerprint density at radius 1 is 1.07 bits per heavy atom. The van der Waals surface area contributed by atoms with Crippen molar-refractivity contribution >= 4 is 0 Å². The summed E-state index contributed by atoms with van der Waals surface area (Å²) in [6, 6.07) is 3.20. The molecule has 0 atom stereocenters. The van der Waals surface area contributed by atoms with Crippen LogP contribution < -0.4 is 0 Å². The summed E-state index contributed by atoms with van der Waals surface area (Å²) in [6.45, 7) is 1.76. The molecular formula is C11H16O3. The largest absolute Gasteiger partial charge is 0.508 e. The van der Waals surface area contributed by atoms with Gasteiger partial charge in [0.25, 0.3) is 0 Å². The van der Waals surface area contributed by atoms with E-state index in [1.165, 1.54) is 0 Å². The number of hydrogen-bond acceptors (Lipinski definition) is 3. The standard InChI is InChI=1S/C11H16O3/c1-2-3-9-10(7-13)8(6-12)4-5-11(9)14/h4-5,12-14H,2-3,6-7H2,1H3. The Bertz CT molecular complexity index is 308. The summed E-state index contributed by atoms with van der Waals surface area (Å²) >= 11 is 0. The predicted octanol–water partition coefficient (Wildman–Crippen LogP) is 1.33. The molecular weight excluding hydrogens is 180 g/mol. The van der Waals surface area contributed by atoms with E-state index in [9.17, 15) is 5.11 Å². The van der Waals surface area contributed by atoms with Gasteiger partial charge in [-0.1, -0.05) is 19.4 Å². The van der Waals surface area contributed by atoms with Gasteiger partial charge in [0.05, 0.1) is 13.2 Å². The van der Waals surface area contributed by atoms with Crippen LogP contribution in [-0.4, -0.2) is 15.3 Å². The fourth-order valence-corrected chi connectivity index (χ4v) is 1.60. The lowest BCUT2D eigenvalue weighted by Gasteiger charge is -2.12. The first-order chi connectivity index (χ1) is 6.74. The molecule has 14 heavy (non-hydrogen) atoms. The van der Waals surface area contributed by atoms with Gasteiger partial charge in [-0.2, -0.15) is 0 Å². The molecule has 0 saturated heterocycles. The van der Waals surface area contributed by atoms with Gasteiger partial charge in [-0.3, -0.25) is 0 Å². The smallest absolute Gasteiger partial charge is 0.119 e. The Hall–Kier alpha value is -1.06. The van der Waals surface area contributed by atoms with Crippen LogP contribution in [0.3, 0.4) is 0 Å². The molecule has 0 aliphatic rings. The lowest BCUT2D eigenvalue weighted by atomic mass is 9.97. The lowest BCUT2D eigenvalue weighted by Crippen LogP contribution is -2.00. The van der Waals surface area contributed by atoms with Gasteiger partial charge in [0.15, 0.2) is 0 Å². The van der Waals surface area contributed by atoms with E-state index in [1.807, 2.05) is 6.92 Å². The van der Waals surface area contributed by atoms with Crippen LogP contribution in [-0.2, 0) is 19.6 Å². The van der Waals surface area contributed by atoms with Crippen molar-refractivity contribution in [1.29, 1.82) is 0 Å². The number of phenolic OH excluding ortho intramolecular Hbond substituents is 1. The maximum Gasteiger partial charge on any atom is 0.119 e. The van der Waals surface area contributed by atoms with Crippen LogP contribution in [0, 0.1) is 0 Å². The number of aliphatic hydroxyl groups excluding tert-OH is 2. The third-order valence-electron chi connectivity index (χ3n) is 2.33. The normalized spacial score (nSPS) is 10.5. The molecule has 3 nitrogen and oxygen atoms in total. The fourth-order valence-electron chi connectivity index (χ4n) is 1.60. The Morgan fingerprint density at radius 3 is 2.29 bits per heavy atom. The summed E-state index contributed by atoms with van der Waals surface area (Å²) in [5, 5.41) is 27.8. The zero-order valence-corrected chi connectivity index (χ0v) is 8.32. The number of aliphatic hydroxyl groups is 2. The number of rotatable bonds is 4. The highest BCUT2D eigenvalue weighted by Gasteiger charge is 2.10. The van der Waals surface area contributed by atoms with Crippen LogP contribution >= 0.6 is 0 Å². The van der Waals surface area contributed by atoms with Crippen molar-refractivity contribution in [2.75, 3.05) is 0 Å². The van der Waals surface area contributed by atoms with Gasteiger partial charge in [-0.15, -0.1) is 0 Å². The summed E-state index contributed by atoms with van der Waals surface area (Å²) in [4.78, 5) is 0. The predicted molar refractivity (Wildman–Crippen MR) is 53.9 cm³/mol. The van der Waals surface area contributed by atoms with Gasteiger partial charge in [0, 0.05) is 0 Å². The Morgan fingerprint density at radius 2 is 1.79 bits per heavy atom. The molecule has 78 valence electrons. The molecule has 0 saturated carbocycles. The minimum Gasteiger partial charge on any atom is -0.508 e. The number of benzene rings is 1. The van der Waals surface area contributed by atoms with Gasteiger partial charge in [-0.25, -0.2) is 0 Å². The molecule has 0 aliphatic carbocycles. The summed E-state index contributed by atoms with van der Waals surface area (Å²) in [7, 11) is 0. The molecule has 0 radical (unpaired) electrons. The molecule has 0 bridgehead atoms. The lowest BCUT2D eigenvalue weighted by molar-refractivity contribution is 0.258. The molecule has 0 amide bonds. The molecule has 0 aromatic heterocycles. The second kappa shape index (κ2) is 4.98. The van der Waals surface area contributed by atoms with Crippen molar-refractivity contribution in [2.24, 2.45) is 0 Å². The van der Waals surface area contributed by atoms with Crippen molar-refractivity contribution in [1.82, 2.24) is 0 Å². The van der Waals surface area contributed by atoms with Gasteiger partial charge < -0.3 is 15.3 Å². The SMILES string of the molecule is CCCc1c(O)ccc(CO)c1CO. The van der Waals surface area contributed by atoms with Crippen LogP contribution in [0.15, 0.2) is 12.1 Å². The van der Waals surface area contributed by atoms with Crippen molar-refractivity contribution < 1.29 is 15.3 Å². The van der Waals surface area contributed by atoms with Crippen LogP contribution in [0.1, 0.15) is 30.0 Å². The van der Waals surface area contributed by atoms with E-state index in [0.29, 0.717) is 11.1 Å². The van der Waals surface area contributed by atoms with E-state index < -0.39 is 0 Å². The van der Waals surface area contributed by atoms with E-state index >= 15 is 0 Å². The maximum absolute atomic E-state index is 9.58. The second-order valence-corrected chi connectivity index (χ2v) is 3.27. The molecule has 0 aliphatic heterocycles. The minimum atomic E-state index is -0.139. The molecule has 1 rings (SSSR count). The van der Waals surface area contributed by atoms with E-state index in [4.69, 9.17) is 10.2 Å². The zero-order chi connectivity index (χ0) is 10.6. The van der Waals surface area contributed by atoms with Gasteiger partial charge in [0.2, 0.25) is 0 Å². The highest BCUT2D eigenvalue weighted by Crippen LogP contribution is 2.26. The third kappa shape index (κ3) is 2.05. The molecule has 1 aromatic carbocycles. The third-order valence-corrected chi connectivity index (χ3v) is 2.33. The van der Waals surface area contributed by atoms with Crippen LogP contribution in [0.25, 0.3) is 0 Å². The fraction of sp³-hybridized carbons (Fsp3) is 0.455. The molecule has 3 N–H and O–H groups in total. The van der Waals surface area contributed by atoms with Crippen molar-refractivity contribution in [2.45, 2.75) is 33.0 Å². The maximum atomic E-state index is 9.58.